The predicted molar refractivity (Wildman–Crippen MR) is 79.6 cm³/mol. The lowest BCUT2D eigenvalue weighted by Gasteiger charge is -2.25. The number of carbonyl (C=O) groups excluding carboxylic acids is 1. The fraction of sp³-hybridized carbons (Fsp3) is 0.600. The van der Waals surface area contributed by atoms with E-state index in [2.05, 4.69) is 37.3 Å². The Morgan fingerprint density at radius 2 is 2.15 bits per heavy atom. The molecule has 0 spiro atoms. The van der Waals surface area contributed by atoms with E-state index in [-0.39, 0.29) is 6.03 Å². The molecule has 1 aliphatic rings. The third-order valence-corrected chi connectivity index (χ3v) is 3.97. The van der Waals surface area contributed by atoms with Crippen molar-refractivity contribution >= 4 is 6.03 Å². The van der Waals surface area contributed by atoms with Gasteiger partial charge in [0.05, 0.1) is 5.69 Å². The van der Waals surface area contributed by atoms with Crippen LogP contribution in [0.4, 0.5) is 4.79 Å². The second kappa shape index (κ2) is 6.11. The van der Waals surface area contributed by atoms with E-state index >= 15 is 0 Å². The molecule has 0 unspecified atom stereocenters. The number of nitrogens with zero attached hydrogens (tertiary/aromatic N) is 3. The zero-order valence-corrected chi connectivity index (χ0v) is 12.9. The van der Waals surface area contributed by atoms with Gasteiger partial charge < -0.3 is 10.2 Å². The number of rotatable bonds is 3. The van der Waals surface area contributed by atoms with Gasteiger partial charge in [0.1, 0.15) is 0 Å². The summed E-state index contributed by atoms with van der Waals surface area (Å²) >= 11 is 0. The highest BCUT2D eigenvalue weighted by atomic mass is 16.2. The summed E-state index contributed by atoms with van der Waals surface area (Å²) in [4.78, 5) is 14.0. The molecule has 0 aromatic carbocycles. The lowest BCUT2D eigenvalue weighted by Crippen LogP contribution is -2.41. The zero-order chi connectivity index (χ0) is 14.7. The first-order valence-corrected chi connectivity index (χ1v) is 7.24. The third-order valence-electron chi connectivity index (χ3n) is 3.97. The lowest BCUT2D eigenvalue weighted by molar-refractivity contribution is 0.201. The molecule has 2 heterocycles. The third kappa shape index (κ3) is 3.03. The van der Waals surface area contributed by atoms with E-state index in [0.29, 0.717) is 13.1 Å². The molecular weight excluding hydrogens is 252 g/mol. The van der Waals surface area contributed by atoms with Crippen LogP contribution in [-0.4, -0.2) is 33.8 Å². The van der Waals surface area contributed by atoms with Crippen molar-refractivity contribution in [2.45, 2.75) is 47.2 Å². The van der Waals surface area contributed by atoms with Crippen LogP contribution in [0.5, 0.6) is 0 Å². The Balaban J connectivity index is 1.95. The maximum atomic E-state index is 12.1. The minimum Gasteiger partial charge on any atom is -0.334 e. The smallest absolute Gasteiger partial charge is 0.317 e. The summed E-state index contributed by atoms with van der Waals surface area (Å²) in [6.07, 6.45) is 3.09. The van der Waals surface area contributed by atoms with E-state index in [4.69, 9.17) is 0 Å². The summed E-state index contributed by atoms with van der Waals surface area (Å²) in [5, 5.41) is 7.48. The summed E-state index contributed by atoms with van der Waals surface area (Å²) in [7, 11) is 0. The lowest BCUT2D eigenvalue weighted by atomic mass is 10.1. The van der Waals surface area contributed by atoms with Gasteiger partial charge in [0.2, 0.25) is 0 Å². The topological polar surface area (TPSA) is 50.2 Å². The molecule has 0 saturated carbocycles. The molecule has 2 amide bonds. The molecule has 1 aliphatic heterocycles. The van der Waals surface area contributed by atoms with Gasteiger partial charge in [-0.05, 0) is 34.1 Å². The first kappa shape index (κ1) is 14.6. The highest BCUT2D eigenvalue weighted by Gasteiger charge is 2.17. The van der Waals surface area contributed by atoms with Gasteiger partial charge in [-0.3, -0.25) is 4.68 Å². The van der Waals surface area contributed by atoms with Crippen LogP contribution in [0.1, 0.15) is 37.2 Å². The van der Waals surface area contributed by atoms with Crippen molar-refractivity contribution in [1.29, 1.82) is 0 Å². The fourth-order valence-corrected chi connectivity index (χ4v) is 2.53. The van der Waals surface area contributed by atoms with Gasteiger partial charge in [-0.1, -0.05) is 11.6 Å². The second-order valence-electron chi connectivity index (χ2n) is 5.37. The molecule has 0 aliphatic carbocycles. The highest BCUT2D eigenvalue weighted by molar-refractivity contribution is 5.74. The SMILES string of the molecule is CCn1nc(C)c(CNC(=O)N2CC=C(C)CC2)c1C. The van der Waals surface area contributed by atoms with Crippen molar-refractivity contribution < 1.29 is 4.79 Å². The summed E-state index contributed by atoms with van der Waals surface area (Å²) < 4.78 is 1.98. The maximum Gasteiger partial charge on any atom is 0.317 e. The molecule has 1 aromatic rings. The highest BCUT2D eigenvalue weighted by Crippen LogP contribution is 2.13. The van der Waals surface area contributed by atoms with Gasteiger partial charge >= 0.3 is 6.03 Å². The van der Waals surface area contributed by atoms with E-state index in [1.165, 1.54) is 5.57 Å². The van der Waals surface area contributed by atoms with Crippen LogP contribution in [0.3, 0.4) is 0 Å². The van der Waals surface area contributed by atoms with Crippen molar-refractivity contribution in [2.24, 2.45) is 0 Å². The zero-order valence-electron chi connectivity index (χ0n) is 12.9. The van der Waals surface area contributed by atoms with E-state index in [9.17, 15) is 4.79 Å². The molecule has 0 radical (unpaired) electrons. The molecule has 110 valence electrons. The number of amides is 2. The van der Waals surface area contributed by atoms with Crippen molar-refractivity contribution in [3.8, 4) is 0 Å². The number of carbonyl (C=O) groups is 1. The Morgan fingerprint density at radius 1 is 1.40 bits per heavy atom. The van der Waals surface area contributed by atoms with Crippen LogP contribution in [0.15, 0.2) is 11.6 Å². The number of nitrogens with one attached hydrogen (secondary N) is 1. The van der Waals surface area contributed by atoms with Gasteiger partial charge in [0.25, 0.3) is 0 Å². The monoisotopic (exact) mass is 276 g/mol. The normalized spacial score (nSPS) is 15.2. The van der Waals surface area contributed by atoms with Crippen molar-refractivity contribution in [2.75, 3.05) is 13.1 Å². The molecule has 0 fully saturated rings. The average molecular weight is 276 g/mol. The predicted octanol–water partition coefficient (Wildman–Crippen LogP) is 2.38. The molecular formula is C15H24N4O. The Kier molecular flexibility index (Phi) is 4.47. The molecule has 5 nitrogen and oxygen atoms in total. The Bertz CT molecular complexity index is 530. The number of urea groups is 1. The van der Waals surface area contributed by atoms with Gasteiger partial charge in [0.15, 0.2) is 0 Å². The molecule has 0 saturated heterocycles. The number of hydrogen-bond acceptors (Lipinski definition) is 2. The summed E-state index contributed by atoms with van der Waals surface area (Å²) in [6, 6.07) is 0.0109. The minimum absolute atomic E-state index is 0.0109. The van der Waals surface area contributed by atoms with Gasteiger partial charge in [0, 0.05) is 37.4 Å². The van der Waals surface area contributed by atoms with Gasteiger partial charge in [-0.2, -0.15) is 5.10 Å². The number of aryl methyl sites for hydroxylation is 2. The van der Waals surface area contributed by atoms with Crippen LogP contribution in [0.2, 0.25) is 0 Å². The molecule has 5 heteroatoms. The van der Waals surface area contributed by atoms with Gasteiger partial charge in [-0.25, -0.2) is 4.79 Å². The van der Waals surface area contributed by atoms with Crippen LogP contribution in [0, 0.1) is 13.8 Å². The second-order valence-corrected chi connectivity index (χ2v) is 5.37. The van der Waals surface area contributed by atoms with E-state index < -0.39 is 0 Å². The van der Waals surface area contributed by atoms with Crippen LogP contribution < -0.4 is 5.32 Å². The first-order valence-electron chi connectivity index (χ1n) is 7.24. The van der Waals surface area contributed by atoms with Crippen LogP contribution in [0.25, 0.3) is 0 Å². The van der Waals surface area contributed by atoms with Crippen molar-refractivity contribution in [3.63, 3.8) is 0 Å². The fourth-order valence-electron chi connectivity index (χ4n) is 2.53. The standard InChI is InChI=1S/C15H24N4O/c1-5-19-13(4)14(12(3)17-19)10-16-15(20)18-8-6-11(2)7-9-18/h6H,5,7-10H2,1-4H3,(H,16,20). The quantitative estimate of drug-likeness (QED) is 0.862. The first-order chi connectivity index (χ1) is 9.52. The molecule has 2 rings (SSSR count). The maximum absolute atomic E-state index is 12.1. The van der Waals surface area contributed by atoms with Crippen molar-refractivity contribution in [1.82, 2.24) is 20.0 Å². The Hall–Kier alpha value is -1.78. The summed E-state index contributed by atoms with van der Waals surface area (Å²) in [5.41, 5.74) is 4.63. The molecule has 1 N–H and O–H groups in total. The van der Waals surface area contributed by atoms with E-state index in [1.807, 2.05) is 16.5 Å². The average Bonchev–Trinajstić information content (AvgIpc) is 2.71. The largest absolute Gasteiger partial charge is 0.334 e. The Labute approximate surface area is 120 Å². The van der Waals surface area contributed by atoms with Crippen LogP contribution in [-0.2, 0) is 13.1 Å². The number of aromatic nitrogens is 2. The number of hydrogen-bond donors (Lipinski definition) is 1. The molecule has 20 heavy (non-hydrogen) atoms. The van der Waals surface area contributed by atoms with Crippen molar-refractivity contribution in [3.05, 3.63) is 28.6 Å². The van der Waals surface area contributed by atoms with Crippen LogP contribution >= 0.6 is 0 Å². The molecule has 0 atom stereocenters. The van der Waals surface area contributed by atoms with E-state index in [1.54, 1.807) is 0 Å². The molecule has 1 aromatic heterocycles. The minimum atomic E-state index is 0.0109. The molecule has 0 bridgehead atoms. The summed E-state index contributed by atoms with van der Waals surface area (Å²) in [5.74, 6) is 0. The van der Waals surface area contributed by atoms with Gasteiger partial charge in [-0.15, -0.1) is 0 Å². The van der Waals surface area contributed by atoms with E-state index in [0.717, 1.165) is 36.5 Å². The summed E-state index contributed by atoms with van der Waals surface area (Å²) in [6.45, 7) is 11.2. The Morgan fingerprint density at radius 3 is 2.70 bits per heavy atom.